The van der Waals surface area contributed by atoms with E-state index in [0.29, 0.717) is 0 Å². The van der Waals surface area contributed by atoms with Gasteiger partial charge < -0.3 is 14.9 Å². The predicted molar refractivity (Wildman–Crippen MR) is 131 cm³/mol. The van der Waals surface area contributed by atoms with E-state index in [4.69, 9.17) is 4.74 Å². The lowest BCUT2D eigenvalue weighted by Crippen LogP contribution is -2.38. The third kappa shape index (κ3) is 4.56. The Labute approximate surface area is 198 Å². The normalized spacial score (nSPS) is 16.4. The second-order valence-electron chi connectivity index (χ2n) is 8.31. The van der Waals surface area contributed by atoms with E-state index in [1.165, 1.54) is 11.8 Å². The molecule has 0 saturated carbocycles. The maximum atomic E-state index is 13.4. The highest BCUT2D eigenvalue weighted by molar-refractivity contribution is 8.04. The zero-order chi connectivity index (χ0) is 23.4. The minimum atomic E-state index is -1.10. The number of cyclic esters (lactones) is 1. The smallest absolute Gasteiger partial charge is 0.349 e. The quantitative estimate of drug-likeness (QED) is 0.417. The molecule has 4 rings (SSSR count). The van der Waals surface area contributed by atoms with Gasteiger partial charge in [0.15, 0.2) is 5.60 Å². The van der Waals surface area contributed by atoms with E-state index in [1.54, 1.807) is 0 Å². The summed E-state index contributed by atoms with van der Waals surface area (Å²) in [5, 5.41) is 20.9. The van der Waals surface area contributed by atoms with Gasteiger partial charge >= 0.3 is 5.97 Å². The zero-order valence-corrected chi connectivity index (χ0v) is 19.6. The van der Waals surface area contributed by atoms with Crippen LogP contribution in [0.1, 0.15) is 48.4 Å². The van der Waals surface area contributed by atoms with Crippen LogP contribution in [0, 0.1) is 0 Å². The molecule has 0 radical (unpaired) electrons. The number of aryl methyl sites for hydroxylation is 1. The molecule has 1 unspecified atom stereocenters. The fraction of sp³-hybridized carbons (Fsp3) is 0.250. The average molecular weight is 461 g/mol. The minimum Gasteiger partial charge on any atom is -0.511 e. The summed E-state index contributed by atoms with van der Waals surface area (Å²) in [5.74, 6) is -0.636. The number of hydrogen-bond donors (Lipinski definition) is 2. The number of esters is 1. The van der Waals surface area contributed by atoms with Crippen molar-refractivity contribution < 1.29 is 19.7 Å². The fourth-order valence-electron chi connectivity index (χ4n) is 4.18. The number of aliphatic hydroxyl groups excluding tert-OH is 2. The lowest BCUT2D eigenvalue weighted by Gasteiger charge is -2.38. The molecule has 1 atom stereocenters. The molecule has 0 bridgehead atoms. The molecule has 1 heterocycles. The van der Waals surface area contributed by atoms with Crippen LogP contribution in [0.2, 0.25) is 0 Å². The number of thioether (sulfide) groups is 1. The van der Waals surface area contributed by atoms with Crippen LogP contribution in [-0.2, 0) is 21.6 Å². The van der Waals surface area contributed by atoms with Crippen molar-refractivity contribution in [3.8, 4) is 0 Å². The van der Waals surface area contributed by atoms with Crippen molar-refractivity contribution in [2.24, 2.45) is 0 Å². The largest absolute Gasteiger partial charge is 0.511 e. The Hall–Kier alpha value is -3.02. The van der Waals surface area contributed by atoms with Crippen LogP contribution < -0.4 is 0 Å². The number of rotatable bonds is 7. The number of ether oxygens (including phenoxy) is 1. The van der Waals surface area contributed by atoms with E-state index >= 15 is 0 Å². The fourth-order valence-corrected chi connectivity index (χ4v) is 5.31. The van der Waals surface area contributed by atoms with Gasteiger partial charge in [0.1, 0.15) is 10.7 Å². The van der Waals surface area contributed by atoms with E-state index in [-0.39, 0.29) is 29.6 Å². The molecule has 0 spiro atoms. The van der Waals surface area contributed by atoms with Crippen LogP contribution in [0.25, 0.3) is 0 Å². The van der Waals surface area contributed by atoms with Gasteiger partial charge in [-0.3, -0.25) is 0 Å². The van der Waals surface area contributed by atoms with Crippen LogP contribution in [0.5, 0.6) is 0 Å². The Bertz CT molecular complexity index is 1120. The highest BCUT2D eigenvalue weighted by Crippen LogP contribution is 2.47. The molecule has 4 nitrogen and oxygen atoms in total. The summed E-state index contributed by atoms with van der Waals surface area (Å²) in [5.41, 5.74) is 2.58. The van der Waals surface area contributed by atoms with E-state index in [1.807, 2.05) is 85.8 Å². The Morgan fingerprint density at radius 1 is 1.00 bits per heavy atom. The minimum absolute atomic E-state index is 0.000364. The maximum Gasteiger partial charge on any atom is 0.349 e. The molecule has 1 aliphatic rings. The van der Waals surface area contributed by atoms with E-state index in [9.17, 15) is 15.0 Å². The summed E-state index contributed by atoms with van der Waals surface area (Å²) < 4.78 is 6.16. The lowest BCUT2D eigenvalue weighted by molar-refractivity contribution is -0.154. The molecule has 0 aliphatic carbocycles. The van der Waals surface area contributed by atoms with Gasteiger partial charge in [-0.05, 0) is 23.6 Å². The molecule has 33 heavy (non-hydrogen) atoms. The van der Waals surface area contributed by atoms with Gasteiger partial charge in [-0.1, -0.05) is 98.4 Å². The molecule has 3 aromatic carbocycles. The van der Waals surface area contributed by atoms with Crippen molar-refractivity contribution >= 4 is 17.7 Å². The maximum absolute atomic E-state index is 13.4. The molecular weight excluding hydrogens is 432 g/mol. The number of aliphatic hydroxyl groups is 2. The van der Waals surface area contributed by atoms with Crippen LogP contribution in [0.15, 0.2) is 94.4 Å². The molecule has 0 amide bonds. The summed E-state index contributed by atoms with van der Waals surface area (Å²) in [6.07, 6.45) is 0.995. The Kier molecular flexibility index (Phi) is 6.91. The Morgan fingerprint density at radius 3 is 2.12 bits per heavy atom. The van der Waals surface area contributed by atoms with Gasteiger partial charge in [0.05, 0.1) is 6.42 Å². The van der Waals surface area contributed by atoms with Crippen molar-refractivity contribution in [1.29, 1.82) is 0 Å². The molecule has 2 N–H and O–H groups in total. The predicted octanol–water partition coefficient (Wildman–Crippen LogP) is 6.10. The first-order valence-electron chi connectivity index (χ1n) is 11.2. The zero-order valence-electron chi connectivity index (χ0n) is 18.8. The first-order chi connectivity index (χ1) is 16.0. The summed E-state index contributed by atoms with van der Waals surface area (Å²) in [4.78, 5) is 14.4. The molecular formula is C28H28O4S. The number of carbonyl (C=O) groups is 1. The third-order valence-corrected chi connectivity index (χ3v) is 7.29. The van der Waals surface area contributed by atoms with Crippen molar-refractivity contribution in [3.63, 3.8) is 0 Å². The van der Waals surface area contributed by atoms with Gasteiger partial charge in [-0.2, -0.15) is 0 Å². The van der Waals surface area contributed by atoms with Gasteiger partial charge in [-0.25, -0.2) is 4.79 Å². The molecule has 0 saturated heterocycles. The van der Waals surface area contributed by atoms with Gasteiger partial charge in [-0.15, -0.1) is 0 Å². The molecule has 0 fully saturated rings. The van der Waals surface area contributed by atoms with Gasteiger partial charge in [0, 0.05) is 28.5 Å². The summed E-state index contributed by atoms with van der Waals surface area (Å²) >= 11 is 1.22. The second kappa shape index (κ2) is 9.86. The van der Waals surface area contributed by atoms with Crippen LogP contribution in [0.3, 0.4) is 0 Å². The second-order valence-corrected chi connectivity index (χ2v) is 9.36. The summed E-state index contributed by atoms with van der Waals surface area (Å²) in [6.45, 7) is 4.01. The standard InChI is InChI=1S/C28H28O4S/c1-3-20-14-15-23(19(2)18-29)25(16-20)33-26-24(30)17-28(32-27(26)31,21-10-6-4-7-11-21)22-12-8-5-9-13-22/h4-16,19,29-30H,3,17-18H2,1-2H3. The van der Waals surface area contributed by atoms with Crippen LogP contribution in [-0.4, -0.2) is 22.8 Å². The van der Waals surface area contributed by atoms with Crippen molar-refractivity contribution in [2.45, 2.75) is 43.1 Å². The topological polar surface area (TPSA) is 66.8 Å². The van der Waals surface area contributed by atoms with E-state index in [2.05, 4.69) is 6.92 Å². The Morgan fingerprint density at radius 2 is 1.61 bits per heavy atom. The van der Waals surface area contributed by atoms with Crippen molar-refractivity contribution in [1.82, 2.24) is 0 Å². The first kappa shape index (κ1) is 23.1. The monoisotopic (exact) mass is 460 g/mol. The summed E-state index contributed by atoms with van der Waals surface area (Å²) in [6, 6.07) is 25.1. The first-order valence-corrected chi connectivity index (χ1v) is 12.0. The highest BCUT2D eigenvalue weighted by atomic mass is 32.2. The Balaban J connectivity index is 1.77. The number of benzene rings is 3. The van der Waals surface area contributed by atoms with Gasteiger partial charge in [0.2, 0.25) is 0 Å². The van der Waals surface area contributed by atoms with Gasteiger partial charge in [0.25, 0.3) is 0 Å². The molecule has 170 valence electrons. The SMILES string of the molecule is CCc1ccc(C(C)CO)c(SC2=C(O)CC(c3ccccc3)(c3ccccc3)OC2=O)c1. The molecule has 0 aromatic heterocycles. The van der Waals surface area contributed by atoms with E-state index in [0.717, 1.165) is 33.6 Å². The van der Waals surface area contributed by atoms with E-state index < -0.39 is 11.6 Å². The average Bonchev–Trinajstić information content (AvgIpc) is 2.86. The van der Waals surface area contributed by atoms with Crippen molar-refractivity contribution in [3.05, 3.63) is 112 Å². The van der Waals surface area contributed by atoms with Crippen LogP contribution >= 0.6 is 11.8 Å². The van der Waals surface area contributed by atoms with Crippen molar-refractivity contribution in [2.75, 3.05) is 6.61 Å². The number of hydrogen-bond acceptors (Lipinski definition) is 5. The molecule has 1 aliphatic heterocycles. The lowest BCUT2D eigenvalue weighted by atomic mass is 9.81. The highest BCUT2D eigenvalue weighted by Gasteiger charge is 2.45. The molecule has 5 heteroatoms. The van der Waals surface area contributed by atoms with Crippen LogP contribution in [0.4, 0.5) is 0 Å². The molecule has 3 aromatic rings. The third-order valence-electron chi connectivity index (χ3n) is 6.11. The summed E-state index contributed by atoms with van der Waals surface area (Å²) in [7, 11) is 0. The number of carbonyl (C=O) groups excluding carboxylic acids is 1.